The Morgan fingerprint density at radius 3 is 2.62 bits per heavy atom. The van der Waals surface area contributed by atoms with Gasteiger partial charge in [-0.3, -0.25) is 0 Å². The molecule has 0 bridgehead atoms. The molecule has 1 aromatic carbocycles. The maximum Gasteiger partial charge on any atom is 0.0451 e. The monoisotopic (exact) mass is 198 g/mol. The third-order valence-corrected chi connectivity index (χ3v) is 2.62. The maximum atomic E-state index is 5.96. The maximum absolute atomic E-state index is 5.96. The first kappa shape index (κ1) is 10.5. The van der Waals surface area contributed by atoms with E-state index in [4.69, 9.17) is 11.5 Å². The van der Waals surface area contributed by atoms with Crippen molar-refractivity contribution in [3.63, 3.8) is 0 Å². The fraction of sp³-hybridized carbons (Fsp3) is 0.400. The molecule has 0 saturated heterocycles. The van der Waals surface area contributed by atoms with Crippen LogP contribution < -0.4 is 11.5 Å². The third-order valence-electron chi connectivity index (χ3n) is 2.62. The molecule has 3 heteroatoms. The second-order valence-corrected chi connectivity index (χ2v) is 3.43. The summed E-state index contributed by atoms with van der Waals surface area (Å²) in [5.41, 5.74) is 14.4. The van der Waals surface area contributed by atoms with Crippen LogP contribution in [0.3, 0.4) is 0 Å². The van der Waals surface area contributed by atoms with Gasteiger partial charge in [0.15, 0.2) is 0 Å². The number of fused-ring (bicyclic) bond motifs is 1. The summed E-state index contributed by atoms with van der Waals surface area (Å²) in [7, 11) is 0. The second kappa shape index (κ2) is 4.09. The van der Waals surface area contributed by atoms with Gasteiger partial charge in [0.1, 0.15) is 0 Å². The first-order chi connectivity index (χ1) is 5.79. The molecule has 13 heavy (non-hydrogen) atoms. The molecule has 0 heterocycles. The van der Waals surface area contributed by atoms with Crippen LogP contribution in [-0.2, 0) is 6.42 Å². The van der Waals surface area contributed by atoms with Gasteiger partial charge in [0.2, 0.25) is 0 Å². The van der Waals surface area contributed by atoms with E-state index in [0.717, 1.165) is 12.8 Å². The van der Waals surface area contributed by atoms with Crippen molar-refractivity contribution in [3.8, 4) is 0 Å². The lowest BCUT2D eigenvalue weighted by Crippen LogP contribution is -2.37. The van der Waals surface area contributed by atoms with Crippen LogP contribution in [0.25, 0.3) is 0 Å². The molecule has 2 nitrogen and oxygen atoms in total. The Morgan fingerprint density at radius 1 is 1.15 bits per heavy atom. The standard InChI is InChI=1S/C10H14N2.ClH/c11-9-6-5-7-3-1-2-4-8(7)10(9)12;/h1-4,9-10H,5-6,11-12H2;1H. The van der Waals surface area contributed by atoms with E-state index in [1.165, 1.54) is 11.1 Å². The number of nitrogens with two attached hydrogens (primary N) is 2. The zero-order valence-electron chi connectivity index (χ0n) is 7.44. The van der Waals surface area contributed by atoms with Crippen LogP contribution >= 0.6 is 12.4 Å². The van der Waals surface area contributed by atoms with E-state index in [1.807, 2.05) is 6.07 Å². The van der Waals surface area contributed by atoms with Gasteiger partial charge in [-0.15, -0.1) is 12.4 Å². The van der Waals surface area contributed by atoms with Gasteiger partial charge in [-0.1, -0.05) is 24.3 Å². The summed E-state index contributed by atoms with van der Waals surface area (Å²) in [6.07, 6.45) is 2.09. The summed E-state index contributed by atoms with van der Waals surface area (Å²) >= 11 is 0. The second-order valence-electron chi connectivity index (χ2n) is 3.43. The Hall–Kier alpha value is -0.570. The summed E-state index contributed by atoms with van der Waals surface area (Å²) in [5, 5.41) is 0. The van der Waals surface area contributed by atoms with Crippen LogP contribution in [0.15, 0.2) is 24.3 Å². The van der Waals surface area contributed by atoms with Gasteiger partial charge >= 0.3 is 0 Å². The molecular weight excluding hydrogens is 184 g/mol. The molecule has 0 spiro atoms. The lowest BCUT2D eigenvalue weighted by atomic mass is 9.85. The highest BCUT2D eigenvalue weighted by Gasteiger charge is 2.22. The van der Waals surface area contributed by atoms with Crippen molar-refractivity contribution in [1.29, 1.82) is 0 Å². The first-order valence-electron chi connectivity index (χ1n) is 4.38. The van der Waals surface area contributed by atoms with Gasteiger partial charge in [-0.2, -0.15) is 0 Å². The van der Waals surface area contributed by atoms with Crippen molar-refractivity contribution in [2.75, 3.05) is 0 Å². The van der Waals surface area contributed by atoms with Crippen LogP contribution in [0.5, 0.6) is 0 Å². The topological polar surface area (TPSA) is 52.0 Å². The Kier molecular flexibility index (Phi) is 3.31. The summed E-state index contributed by atoms with van der Waals surface area (Å²) in [6.45, 7) is 0. The van der Waals surface area contributed by atoms with Crippen molar-refractivity contribution >= 4 is 12.4 Å². The summed E-state index contributed by atoms with van der Waals surface area (Å²) in [6, 6.07) is 8.48. The molecule has 72 valence electrons. The van der Waals surface area contributed by atoms with E-state index >= 15 is 0 Å². The van der Waals surface area contributed by atoms with Gasteiger partial charge < -0.3 is 11.5 Å². The molecule has 0 aliphatic heterocycles. The van der Waals surface area contributed by atoms with Gasteiger partial charge in [-0.05, 0) is 24.0 Å². The van der Waals surface area contributed by atoms with Gasteiger partial charge in [0, 0.05) is 12.1 Å². The highest BCUT2D eigenvalue weighted by Crippen LogP contribution is 2.26. The molecule has 1 aromatic rings. The van der Waals surface area contributed by atoms with Crippen LogP contribution in [0.2, 0.25) is 0 Å². The smallest absolute Gasteiger partial charge is 0.0451 e. The molecule has 0 aromatic heterocycles. The summed E-state index contributed by atoms with van der Waals surface area (Å²) in [4.78, 5) is 0. The van der Waals surface area contributed by atoms with E-state index in [0.29, 0.717) is 0 Å². The zero-order valence-corrected chi connectivity index (χ0v) is 8.26. The van der Waals surface area contributed by atoms with E-state index in [-0.39, 0.29) is 24.5 Å². The van der Waals surface area contributed by atoms with Crippen molar-refractivity contribution < 1.29 is 0 Å². The number of aryl methyl sites for hydroxylation is 1. The van der Waals surface area contributed by atoms with Crippen LogP contribution in [0.4, 0.5) is 0 Å². The van der Waals surface area contributed by atoms with Gasteiger partial charge in [0.25, 0.3) is 0 Å². The normalized spacial score (nSPS) is 26.0. The number of rotatable bonds is 0. The molecule has 0 saturated carbocycles. The van der Waals surface area contributed by atoms with E-state index in [9.17, 15) is 0 Å². The predicted octanol–water partition coefficient (Wildman–Crippen LogP) is 1.38. The first-order valence-corrected chi connectivity index (χ1v) is 4.38. The average molecular weight is 199 g/mol. The van der Waals surface area contributed by atoms with Crippen molar-refractivity contribution in [3.05, 3.63) is 35.4 Å². The number of benzene rings is 1. The van der Waals surface area contributed by atoms with Crippen LogP contribution in [-0.4, -0.2) is 6.04 Å². The highest BCUT2D eigenvalue weighted by atomic mass is 35.5. The number of hydrogen-bond acceptors (Lipinski definition) is 2. The largest absolute Gasteiger partial charge is 0.326 e. The zero-order chi connectivity index (χ0) is 8.55. The lowest BCUT2D eigenvalue weighted by Gasteiger charge is -2.27. The molecule has 0 fully saturated rings. The lowest BCUT2D eigenvalue weighted by molar-refractivity contribution is 0.481. The van der Waals surface area contributed by atoms with Crippen molar-refractivity contribution in [2.45, 2.75) is 24.9 Å². The predicted molar refractivity (Wildman–Crippen MR) is 56.9 cm³/mol. The number of hydrogen-bond donors (Lipinski definition) is 2. The minimum atomic E-state index is 0. The van der Waals surface area contributed by atoms with Gasteiger partial charge in [-0.25, -0.2) is 0 Å². The molecule has 1 aliphatic rings. The molecule has 1 aliphatic carbocycles. The van der Waals surface area contributed by atoms with E-state index in [1.54, 1.807) is 0 Å². The van der Waals surface area contributed by atoms with E-state index < -0.39 is 0 Å². The van der Waals surface area contributed by atoms with Crippen molar-refractivity contribution in [1.82, 2.24) is 0 Å². The van der Waals surface area contributed by atoms with Crippen LogP contribution in [0, 0.1) is 0 Å². The van der Waals surface area contributed by atoms with E-state index in [2.05, 4.69) is 18.2 Å². The Bertz CT molecular complexity index is 288. The third kappa shape index (κ3) is 1.85. The average Bonchev–Trinajstić information content (AvgIpc) is 2.12. The quantitative estimate of drug-likeness (QED) is 0.662. The summed E-state index contributed by atoms with van der Waals surface area (Å²) < 4.78 is 0. The van der Waals surface area contributed by atoms with Gasteiger partial charge in [0.05, 0.1) is 0 Å². The molecule has 2 atom stereocenters. The minimum absolute atomic E-state index is 0. The Balaban J connectivity index is 0.000000845. The number of halogens is 1. The molecule has 4 N–H and O–H groups in total. The van der Waals surface area contributed by atoms with Crippen molar-refractivity contribution in [2.24, 2.45) is 11.5 Å². The SMILES string of the molecule is Cl.NC1CCc2ccccc2C1N. The molecule has 0 radical (unpaired) electrons. The molecule has 0 amide bonds. The highest BCUT2D eigenvalue weighted by molar-refractivity contribution is 5.85. The summed E-state index contributed by atoms with van der Waals surface area (Å²) in [5.74, 6) is 0. The fourth-order valence-electron chi connectivity index (χ4n) is 1.82. The molecule has 2 rings (SSSR count). The van der Waals surface area contributed by atoms with Crippen LogP contribution in [0.1, 0.15) is 23.6 Å². The molecular formula is C10H15ClN2. The Morgan fingerprint density at radius 2 is 1.85 bits per heavy atom. The Labute approximate surface area is 84.7 Å². The molecule has 2 unspecified atom stereocenters. The minimum Gasteiger partial charge on any atom is -0.326 e. The fourth-order valence-corrected chi connectivity index (χ4v) is 1.82.